The van der Waals surface area contributed by atoms with Crippen LogP contribution in [0.4, 0.5) is 10.0 Å². The first-order chi connectivity index (χ1) is 23.4. The van der Waals surface area contributed by atoms with Crippen molar-refractivity contribution in [3.63, 3.8) is 0 Å². The lowest BCUT2D eigenvalue weighted by Crippen LogP contribution is -2.27. The zero-order valence-corrected chi connectivity index (χ0v) is 26.8. The molecule has 10 heteroatoms. The zero-order valence-electron chi connectivity index (χ0n) is 25.1. The second-order valence-corrected chi connectivity index (χ2v) is 14.0. The second kappa shape index (κ2) is 11.0. The maximum atomic E-state index is 13.5. The van der Waals surface area contributed by atoms with Gasteiger partial charge in [0.25, 0.3) is 0 Å². The molecule has 0 amide bonds. The van der Waals surface area contributed by atoms with Gasteiger partial charge in [-0.3, -0.25) is 9.59 Å². The van der Waals surface area contributed by atoms with Crippen molar-refractivity contribution in [3.05, 3.63) is 105 Å². The van der Waals surface area contributed by atoms with Gasteiger partial charge in [0, 0.05) is 27.7 Å². The molecule has 4 aliphatic carbocycles. The molecule has 1 fully saturated rings. The van der Waals surface area contributed by atoms with Crippen LogP contribution in [0.5, 0.6) is 0 Å². The number of rotatable bonds is 2. The quantitative estimate of drug-likeness (QED) is 0.197. The lowest BCUT2D eigenvalue weighted by molar-refractivity contribution is 0.106. The highest BCUT2D eigenvalue weighted by molar-refractivity contribution is 7.26. The number of hydrogen-bond donors (Lipinski definition) is 0. The Hall–Kier alpha value is -6.04. The van der Waals surface area contributed by atoms with E-state index >= 15 is 0 Å². The van der Waals surface area contributed by atoms with Crippen molar-refractivity contribution < 1.29 is 9.59 Å². The summed E-state index contributed by atoms with van der Waals surface area (Å²) < 4.78 is 0. The highest BCUT2D eigenvalue weighted by Gasteiger charge is 2.47. The van der Waals surface area contributed by atoms with Gasteiger partial charge in [-0.1, -0.05) is 67.8 Å². The van der Waals surface area contributed by atoms with Crippen molar-refractivity contribution in [2.75, 3.05) is 0 Å². The van der Waals surface area contributed by atoms with E-state index in [0.29, 0.717) is 32.3 Å². The summed E-state index contributed by atoms with van der Waals surface area (Å²) in [7, 11) is 0. The maximum Gasteiger partial charge on any atom is 0.212 e. The van der Waals surface area contributed by atoms with E-state index in [-0.39, 0.29) is 50.7 Å². The molecule has 0 bridgehead atoms. The van der Waals surface area contributed by atoms with Gasteiger partial charge in [-0.2, -0.15) is 21.0 Å². The van der Waals surface area contributed by atoms with Gasteiger partial charge in [-0.15, -0.1) is 22.7 Å². The fraction of sp³-hybridized carbons (Fsp3) is 0.158. The number of nitrogens with zero attached hydrogens (tertiary/aromatic N) is 6. The summed E-state index contributed by atoms with van der Waals surface area (Å²) in [4.78, 5) is 38.8. The van der Waals surface area contributed by atoms with Gasteiger partial charge >= 0.3 is 0 Å². The highest BCUT2D eigenvalue weighted by atomic mass is 32.1. The number of hydrogen-bond acceptors (Lipinski definition) is 10. The van der Waals surface area contributed by atoms with E-state index in [0.717, 1.165) is 53.0 Å². The molecule has 48 heavy (non-hydrogen) atoms. The molecule has 4 aliphatic rings. The average Bonchev–Trinajstić information content (AvgIpc) is 3.90. The van der Waals surface area contributed by atoms with Crippen molar-refractivity contribution >= 4 is 66.8 Å². The van der Waals surface area contributed by atoms with Gasteiger partial charge in [0.1, 0.15) is 56.8 Å². The summed E-state index contributed by atoms with van der Waals surface area (Å²) >= 11 is 2.92. The van der Waals surface area contributed by atoms with Crippen LogP contribution in [0.3, 0.4) is 0 Å². The molecule has 2 aromatic carbocycles. The monoisotopic (exact) mass is 656 g/mol. The van der Waals surface area contributed by atoms with Crippen LogP contribution in [0.1, 0.15) is 75.1 Å². The van der Waals surface area contributed by atoms with Gasteiger partial charge in [0.05, 0.1) is 9.75 Å². The van der Waals surface area contributed by atoms with Crippen LogP contribution in [0.25, 0.3) is 20.9 Å². The van der Waals surface area contributed by atoms with Crippen molar-refractivity contribution in [2.24, 2.45) is 9.98 Å². The van der Waals surface area contributed by atoms with E-state index in [2.05, 4.69) is 0 Å². The Balaban J connectivity index is 1.28. The maximum absolute atomic E-state index is 13.5. The first-order valence-corrected chi connectivity index (χ1v) is 16.9. The summed E-state index contributed by atoms with van der Waals surface area (Å²) in [5.41, 5.74) is 4.33. The molecule has 0 atom stereocenters. The van der Waals surface area contributed by atoms with E-state index in [1.165, 1.54) is 22.7 Å². The van der Waals surface area contributed by atoms with E-state index < -0.39 is 0 Å². The molecule has 8 rings (SSSR count). The molecule has 0 aliphatic heterocycles. The van der Waals surface area contributed by atoms with Gasteiger partial charge < -0.3 is 0 Å². The van der Waals surface area contributed by atoms with Crippen LogP contribution in [-0.2, 0) is 5.41 Å². The lowest BCUT2D eigenvalue weighted by Gasteiger charge is -2.34. The van der Waals surface area contributed by atoms with E-state index in [4.69, 9.17) is 9.98 Å². The van der Waals surface area contributed by atoms with Gasteiger partial charge in [-0.05, 0) is 47.2 Å². The molecule has 0 N–H and O–H groups in total. The number of allylic oxidation sites excluding steroid dienone is 4. The molecule has 8 nitrogen and oxygen atoms in total. The number of benzene rings is 2. The first-order valence-electron chi connectivity index (χ1n) is 15.3. The number of Topliss-reactive ketones (excluding diaryl/α,β-unsaturated/α-hetero) is 2. The van der Waals surface area contributed by atoms with Crippen LogP contribution in [0, 0.1) is 45.3 Å². The summed E-state index contributed by atoms with van der Waals surface area (Å²) in [6.07, 6.45) is 5.07. The zero-order chi connectivity index (χ0) is 33.2. The fourth-order valence-corrected chi connectivity index (χ4v) is 9.93. The number of ketones is 2. The topological polar surface area (TPSA) is 154 Å². The molecule has 0 unspecified atom stereocenters. The van der Waals surface area contributed by atoms with Crippen LogP contribution in [0.15, 0.2) is 81.8 Å². The van der Waals surface area contributed by atoms with E-state index in [9.17, 15) is 30.6 Å². The molecule has 2 aromatic heterocycles. The summed E-state index contributed by atoms with van der Waals surface area (Å²) in [5.74, 6) is -0.640. The third-order valence-electron chi connectivity index (χ3n) is 9.56. The third kappa shape index (κ3) is 4.08. The number of carbonyl (C=O) groups is 2. The van der Waals surface area contributed by atoms with Gasteiger partial charge in [0.15, 0.2) is 0 Å². The third-order valence-corrected chi connectivity index (χ3v) is 11.8. The molecule has 1 saturated carbocycles. The fourth-order valence-electron chi connectivity index (χ4n) is 7.50. The van der Waals surface area contributed by atoms with Crippen molar-refractivity contribution in [1.82, 2.24) is 0 Å². The molecular weight excluding hydrogens is 637 g/mol. The Morgan fingerprint density at radius 3 is 1.40 bits per heavy atom. The van der Waals surface area contributed by atoms with Crippen LogP contribution in [0.2, 0.25) is 0 Å². The van der Waals surface area contributed by atoms with Crippen molar-refractivity contribution in [1.29, 1.82) is 21.0 Å². The van der Waals surface area contributed by atoms with E-state index in [1.807, 2.05) is 36.4 Å². The Kier molecular flexibility index (Phi) is 6.76. The normalized spacial score (nSPS) is 18.2. The smallest absolute Gasteiger partial charge is 0.212 e. The Morgan fingerprint density at radius 2 is 1.00 bits per heavy atom. The van der Waals surface area contributed by atoms with Gasteiger partial charge in [0.2, 0.25) is 11.6 Å². The molecular formula is C38H20N6O2S2. The minimum Gasteiger partial charge on any atom is -0.287 e. The van der Waals surface area contributed by atoms with Crippen molar-refractivity contribution in [2.45, 2.75) is 37.5 Å². The van der Waals surface area contributed by atoms with Crippen LogP contribution < -0.4 is 0 Å². The van der Waals surface area contributed by atoms with E-state index in [1.54, 1.807) is 48.5 Å². The predicted octanol–water partition coefficient (Wildman–Crippen LogP) is 8.58. The van der Waals surface area contributed by atoms with Crippen molar-refractivity contribution in [3.8, 4) is 34.0 Å². The second-order valence-electron chi connectivity index (χ2n) is 11.9. The number of thiophene rings is 2. The molecule has 0 saturated heterocycles. The minimum atomic E-state index is -0.320. The summed E-state index contributed by atoms with van der Waals surface area (Å²) in [5, 5.41) is 40.2. The molecule has 0 radical (unpaired) electrons. The molecule has 4 aromatic rings. The van der Waals surface area contributed by atoms with Gasteiger partial charge in [-0.25, -0.2) is 9.98 Å². The number of carbonyl (C=O) groups excluding carboxylic acids is 2. The summed E-state index contributed by atoms with van der Waals surface area (Å²) in [6, 6.07) is 25.7. The SMILES string of the molecule is N#CC(C#N)=C1/C(=N/c2cc3c(s2)-c2sc(/N=C4\C(=O)c5ccccc5C4=C(C#N)C#N)cc2C32CCCCC2)C(=O)c2ccccc21. The highest BCUT2D eigenvalue weighted by Crippen LogP contribution is 2.63. The number of fused-ring (bicyclic) bond motifs is 7. The molecule has 1 spiro atoms. The standard InChI is InChI=1S/C38H20N6O2S2/c39-16-20(17-40)30-22-8-2-4-10-24(22)34(45)32(30)43-28-14-26-36(47-28)37-27(38(26)12-6-1-7-13-38)15-29(48-37)44-33-31(21(18-41)19-42)23-9-3-5-11-25(23)35(33)46/h2-5,8-11,14-15H,1,6-7,12-13H2/b43-32-,44-33-. The molecule has 226 valence electrons. The van der Waals surface area contributed by atoms with Crippen LogP contribution in [-0.4, -0.2) is 23.0 Å². The predicted molar refractivity (Wildman–Crippen MR) is 184 cm³/mol. The average molecular weight is 657 g/mol. The number of aliphatic imine (C=N–C) groups is 2. The largest absolute Gasteiger partial charge is 0.287 e. The Bertz CT molecular complexity index is 2270. The summed E-state index contributed by atoms with van der Waals surface area (Å²) in [6.45, 7) is 0. The Morgan fingerprint density at radius 1 is 0.604 bits per heavy atom. The lowest BCUT2D eigenvalue weighted by atomic mass is 9.68. The molecule has 2 heterocycles. The van der Waals surface area contributed by atoms with Crippen LogP contribution >= 0.6 is 22.7 Å². The number of nitriles is 4. The first kappa shape index (κ1) is 29.4. The Labute approximate surface area is 283 Å². The minimum absolute atomic E-state index is 0.0924.